The zero-order valence-electron chi connectivity index (χ0n) is 9.97. The first-order chi connectivity index (χ1) is 8.50. The van der Waals surface area contributed by atoms with E-state index in [9.17, 15) is 9.90 Å². The molecule has 2 rings (SSSR count). The van der Waals surface area contributed by atoms with Crippen LogP contribution in [0.1, 0.15) is 19.3 Å². The number of hydrogen-bond acceptors (Lipinski definition) is 3. The van der Waals surface area contributed by atoms with Crippen LogP contribution in [0.5, 0.6) is 0 Å². The summed E-state index contributed by atoms with van der Waals surface area (Å²) in [4.78, 5) is 12.8. The molecular formula is C13H16BrNO3. The van der Waals surface area contributed by atoms with E-state index in [-0.39, 0.29) is 6.42 Å². The molecule has 0 saturated carbocycles. The molecule has 1 fully saturated rings. The molecule has 1 aromatic rings. The minimum absolute atomic E-state index is 0.200. The van der Waals surface area contributed by atoms with Crippen LogP contribution < -0.4 is 4.90 Å². The van der Waals surface area contributed by atoms with Gasteiger partial charge in [-0.25, -0.2) is 0 Å². The molecule has 0 spiro atoms. The SMILES string of the molecule is O=C(O)CC1(O)CCCN(c2ccccc2Br)C1. The number of carboxylic acids is 1. The van der Waals surface area contributed by atoms with Crippen molar-refractivity contribution in [1.29, 1.82) is 0 Å². The molecule has 5 heteroatoms. The maximum Gasteiger partial charge on any atom is 0.306 e. The Morgan fingerprint density at radius 3 is 2.83 bits per heavy atom. The van der Waals surface area contributed by atoms with E-state index in [2.05, 4.69) is 15.9 Å². The van der Waals surface area contributed by atoms with Gasteiger partial charge in [-0.15, -0.1) is 0 Å². The van der Waals surface area contributed by atoms with E-state index in [4.69, 9.17) is 5.11 Å². The number of aliphatic carboxylic acids is 1. The fraction of sp³-hybridized carbons (Fsp3) is 0.462. The lowest BCUT2D eigenvalue weighted by Gasteiger charge is -2.40. The third-order valence-corrected chi connectivity index (χ3v) is 3.90. The van der Waals surface area contributed by atoms with Crippen LogP contribution in [0.15, 0.2) is 28.7 Å². The van der Waals surface area contributed by atoms with Crippen molar-refractivity contribution < 1.29 is 15.0 Å². The molecule has 1 aromatic carbocycles. The average Bonchev–Trinajstić information content (AvgIpc) is 2.27. The molecule has 0 aromatic heterocycles. The smallest absolute Gasteiger partial charge is 0.306 e. The van der Waals surface area contributed by atoms with Crippen molar-refractivity contribution in [2.24, 2.45) is 0 Å². The molecule has 1 saturated heterocycles. The van der Waals surface area contributed by atoms with Crippen LogP contribution in [0.3, 0.4) is 0 Å². The number of anilines is 1. The number of carbonyl (C=O) groups is 1. The Kier molecular flexibility index (Phi) is 3.92. The first kappa shape index (κ1) is 13.4. The summed E-state index contributed by atoms with van der Waals surface area (Å²) < 4.78 is 0.963. The van der Waals surface area contributed by atoms with E-state index in [1.807, 2.05) is 29.2 Å². The van der Waals surface area contributed by atoms with Gasteiger partial charge in [0.2, 0.25) is 0 Å². The van der Waals surface area contributed by atoms with Crippen molar-refractivity contribution in [2.45, 2.75) is 24.9 Å². The topological polar surface area (TPSA) is 60.8 Å². The first-order valence-electron chi connectivity index (χ1n) is 5.94. The van der Waals surface area contributed by atoms with Crippen molar-refractivity contribution in [2.75, 3.05) is 18.0 Å². The van der Waals surface area contributed by atoms with Crippen LogP contribution in [0.25, 0.3) is 0 Å². The quantitative estimate of drug-likeness (QED) is 0.898. The molecule has 4 nitrogen and oxygen atoms in total. The molecule has 2 N–H and O–H groups in total. The highest BCUT2D eigenvalue weighted by atomic mass is 79.9. The van der Waals surface area contributed by atoms with E-state index >= 15 is 0 Å². The maximum absolute atomic E-state index is 10.8. The Hall–Kier alpha value is -1.07. The summed E-state index contributed by atoms with van der Waals surface area (Å²) in [6, 6.07) is 7.78. The highest BCUT2D eigenvalue weighted by Gasteiger charge is 2.35. The zero-order chi connectivity index (χ0) is 13.2. The minimum Gasteiger partial charge on any atom is -0.481 e. The van der Waals surface area contributed by atoms with E-state index in [1.54, 1.807) is 0 Å². The molecule has 0 bridgehead atoms. The predicted molar refractivity (Wildman–Crippen MR) is 72.8 cm³/mol. The third kappa shape index (κ3) is 3.03. The normalized spacial score (nSPS) is 24.0. The molecule has 1 heterocycles. The molecular weight excluding hydrogens is 298 g/mol. The monoisotopic (exact) mass is 313 g/mol. The predicted octanol–water partition coefficient (Wildman–Crippen LogP) is 2.26. The molecule has 1 aliphatic heterocycles. The summed E-state index contributed by atoms with van der Waals surface area (Å²) in [5.41, 5.74) is -0.125. The van der Waals surface area contributed by atoms with Crippen molar-refractivity contribution >= 4 is 27.6 Å². The van der Waals surface area contributed by atoms with Crippen molar-refractivity contribution in [1.82, 2.24) is 0 Å². The summed E-state index contributed by atoms with van der Waals surface area (Å²) in [6.45, 7) is 1.20. The van der Waals surface area contributed by atoms with Crippen LogP contribution >= 0.6 is 15.9 Å². The van der Waals surface area contributed by atoms with Gasteiger partial charge in [0, 0.05) is 17.6 Å². The molecule has 0 radical (unpaired) electrons. The lowest BCUT2D eigenvalue weighted by molar-refractivity contribution is -0.142. The maximum atomic E-state index is 10.8. The number of aliphatic hydroxyl groups is 1. The zero-order valence-corrected chi connectivity index (χ0v) is 11.6. The Morgan fingerprint density at radius 2 is 2.17 bits per heavy atom. The molecule has 0 amide bonds. The van der Waals surface area contributed by atoms with Gasteiger partial charge in [0.05, 0.1) is 17.7 Å². The van der Waals surface area contributed by atoms with Crippen LogP contribution in [-0.4, -0.2) is 34.9 Å². The number of carboxylic acid groups (broad SMARTS) is 1. The van der Waals surface area contributed by atoms with Crippen LogP contribution in [0.2, 0.25) is 0 Å². The summed E-state index contributed by atoms with van der Waals surface area (Å²) in [5, 5.41) is 19.2. The largest absolute Gasteiger partial charge is 0.481 e. The first-order valence-corrected chi connectivity index (χ1v) is 6.73. The molecule has 98 valence electrons. The summed E-state index contributed by atoms with van der Waals surface area (Å²) in [6.07, 6.45) is 1.14. The van der Waals surface area contributed by atoms with E-state index in [0.29, 0.717) is 13.0 Å². The van der Waals surface area contributed by atoms with E-state index < -0.39 is 11.6 Å². The average molecular weight is 314 g/mol. The Morgan fingerprint density at radius 1 is 1.44 bits per heavy atom. The second kappa shape index (κ2) is 5.28. The number of halogens is 1. The summed E-state index contributed by atoms with van der Waals surface area (Å²) in [5.74, 6) is -0.952. The van der Waals surface area contributed by atoms with Crippen LogP contribution in [0, 0.1) is 0 Å². The minimum atomic E-state index is -1.13. The van der Waals surface area contributed by atoms with E-state index in [0.717, 1.165) is 23.1 Å². The number of para-hydroxylation sites is 1. The molecule has 0 aliphatic carbocycles. The van der Waals surface area contributed by atoms with Gasteiger partial charge in [0.15, 0.2) is 0 Å². The van der Waals surface area contributed by atoms with Crippen LogP contribution in [-0.2, 0) is 4.79 Å². The third-order valence-electron chi connectivity index (χ3n) is 3.23. The van der Waals surface area contributed by atoms with Gasteiger partial charge >= 0.3 is 5.97 Å². The van der Waals surface area contributed by atoms with Gasteiger partial charge in [0.1, 0.15) is 0 Å². The number of β-amino-alcohol motifs (C(OH)–C–C–N with tert-alkyl or cyclic N) is 1. The van der Waals surface area contributed by atoms with Crippen molar-refractivity contribution in [3.8, 4) is 0 Å². The Balaban J connectivity index is 2.16. The molecule has 18 heavy (non-hydrogen) atoms. The fourth-order valence-corrected chi connectivity index (χ4v) is 2.99. The van der Waals surface area contributed by atoms with Gasteiger partial charge in [-0.2, -0.15) is 0 Å². The van der Waals surface area contributed by atoms with Gasteiger partial charge in [-0.05, 0) is 40.9 Å². The van der Waals surface area contributed by atoms with Crippen molar-refractivity contribution in [3.05, 3.63) is 28.7 Å². The molecule has 1 aliphatic rings. The second-order valence-corrected chi connectivity index (χ2v) is 5.63. The highest BCUT2D eigenvalue weighted by Crippen LogP contribution is 2.32. The van der Waals surface area contributed by atoms with Gasteiger partial charge < -0.3 is 15.1 Å². The van der Waals surface area contributed by atoms with Crippen molar-refractivity contribution in [3.63, 3.8) is 0 Å². The highest BCUT2D eigenvalue weighted by molar-refractivity contribution is 9.10. The summed E-state index contributed by atoms with van der Waals surface area (Å²) in [7, 11) is 0. The fourth-order valence-electron chi connectivity index (χ4n) is 2.45. The van der Waals surface area contributed by atoms with Crippen LogP contribution in [0.4, 0.5) is 5.69 Å². The second-order valence-electron chi connectivity index (χ2n) is 4.77. The summed E-state index contributed by atoms with van der Waals surface area (Å²) >= 11 is 3.48. The Labute approximate surface area is 114 Å². The standard InChI is InChI=1S/C13H16BrNO3/c14-10-4-1-2-5-11(10)15-7-3-6-13(18,9-15)8-12(16)17/h1-2,4-5,18H,3,6-9H2,(H,16,17). The number of benzene rings is 1. The van der Waals surface area contributed by atoms with Gasteiger partial charge in [-0.3, -0.25) is 4.79 Å². The van der Waals surface area contributed by atoms with E-state index in [1.165, 1.54) is 0 Å². The van der Waals surface area contributed by atoms with Gasteiger partial charge in [0.25, 0.3) is 0 Å². The number of nitrogens with zero attached hydrogens (tertiary/aromatic N) is 1. The van der Waals surface area contributed by atoms with Gasteiger partial charge in [-0.1, -0.05) is 12.1 Å². The Bertz CT molecular complexity index is 452. The number of piperidine rings is 1. The lowest BCUT2D eigenvalue weighted by atomic mass is 9.89. The lowest BCUT2D eigenvalue weighted by Crippen LogP contribution is -2.49. The number of rotatable bonds is 3. The molecule has 1 atom stereocenters. The number of hydrogen-bond donors (Lipinski definition) is 2. The molecule has 1 unspecified atom stereocenters.